The first-order chi connectivity index (χ1) is 7.95. The van der Waals surface area contributed by atoms with Crippen molar-refractivity contribution in [3.8, 4) is 0 Å². The topological polar surface area (TPSA) is 78.2 Å². The van der Waals surface area contributed by atoms with Gasteiger partial charge >= 0.3 is 0 Å². The van der Waals surface area contributed by atoms with Crippen molar-refractivity contribution < 1.29 is 10.0 Å². The van der Waals surface area contributed by atoms with Crippen molar-refractivity contribution >= 4 is 27.3 Å². The summed E-state index contributed by atoms with van der Waals surface area (Å²) in [5, 5.41) is 24.6. The number of halogens is 1. The fourth-order valence-corrected chi connectivity index (χ4v) is 2.02. The highest BCUT2D eigenvalue weighted by molar-refractivity contribution is 9.10. The molecular weight excluding hydrogens is 288 g/mol. The molecule has 0 spiro atoms. The Morgan fingerprint density at radius 2 is 2.12 bits per heavy atom. The molecule has 94 valence electrons. The van der Waals surface area contributed by atoms with Crippen LogP contribution in [-0.2, 0) is 6.42 Å². The van der Waals surface area contributed by atoms with Crippen molar-refractivity contribution in [1.82, 2.24) is 0 Å². The lowest BCUT2D eigenvalue weighted by atomic mass is 10.1. The predicted molar refractivity (Wildman–Crippen MR) is 68.1 cm³/mol. The highest BCUT2D eigenvalue weighted by Crippen LogP contribution is 2.32. The highest BCUT2D eigenvalue weighted by atomic mass is 79.9. The van der Waals surface area contributed by atoms with Gasteiger partial charge in [-0.1, -0.05) is 15.9 Å². The number of nitrogens with one attached hydrogen (secondary N) is 1. The van der Waals surface area contributed by atoms with E-state index in [9.17, 15) is 15.2 Å². The number of nitrogens with zero attached hydrogens (tertiary/aromatic N) is 1. The molecule has 0 saturated carbocycles. The Labute approximate surface area is 108 Å². The number of nitro groups is 1. The van der Waals surface area contributed by atoms with E-state index in [0.717, 1.165) is 5.56 Å². The van der Waals surface area contributed by atoms with Gasteiger partial charge in [-0.15, -0.1) is 6.61 Å². The minimum atomic E-state index is -0.434. The van der Waals surface area contributed by atoms with Gasteiger partial charge in [0, 0.05) is 16.6 Å². The number of nitro benzene ring substituents is 1. The summed E-state index contributed by atoms with van der Waals surface area (Å²) in [6, 6.07) is 3.20. The van der Waals surface area contributed by atoms with E-state index in [0.29, 0.717) is 16.6 Å². The molecule has 0 unspecified atom stereocenters. The third kappa shape index (κ3) is 3.67. The normalized spacial score (nSPS) is 10.6. The Morgan fingerprint density at radius 3 is 2.59 bits per heavy atom. The van der Waals surface area contributed by atoms with Crippen LogP contribution in [0.15, 0.2) is 16.6 Å². The zero-order chi connectivity index (χ0) is 13.0. The van der Waals surface area contributed by atoms with Crippen LogP contribution in [0, 0.1) is 10.1 Å². The SMILES string of the molecule is CC(C)Nc1cc(CC[O-])c(Br)cc1[N+](=O)[O-]. The molecule has 0 bridgehead atoms. The van der Waals surface area contributed by atoms with Crippen molar-refractivity contribution in [3.05, 3.63) is 32.3 Å². The average molecular weight is 302 g/mol. The number of hydrogen-bond acceptors (Lipinski definition) is 4. The van der Waals surface area contributed by atoms with E-state index < -0.39 is 4.92 Å². The zero-order valence-corrected chi connectivity index (χ0v) is 11.3. The molecule has 0 fully saturated rings. The molecule has 17 heavy (non-hydrogen) atoms. The molecule has 0 atom stereocenters. The van der Waals surface area contributed by atoms with Gasteiger partial charge in [0.2, 0.25) is 0 Å². The molecule has 0 amide bonds. The molecule has 0 aliphatic heterocycles. The third-order valence-corrected chi connectivity index (χ3v) is 2.92. The number of rotatable bonds is 5. The standard InChI is InChI=1S/C11H14BrN2O3/c1-7(2)13-10-5-8(3-4-15)9(12)6-11(10)14(16)17/h5-7,13H,3-4H2,1-2H3/q-1. The molecule has 0 aromatic heterocycles. The van der Waals surface area contributed by atoms with E-state index in [1.165, 1.54) is 6.07 Å². The Morgan fingerprint density at radius 1 is 1.47 bits per heavy atom. The zero-order valence-electron chi connectivity index (χ0n) is 9.70. The van der Waals surface area contributed by atoms with Gasteiger partial charge in [-0.05, 0) is 31.9 Å². The summed E-state index contributed by atoms with van der Waals surface area (Å²) < 4.78 is 0.606. The third-order valence-electron chi connectivity index (χ3n) is 2.18. The maximum atomic E-state index is 10.9. The van der Waals surface area contributed by atoms with E-state index in [4.69, 9.17) is 0 Å². The lowest BCUT2D eigenvalue weighted by molar-refractivity contribution is -0.384. The molecule has 0 aliphatic carbocycles. The Hall–Kier alpha value is -1.14. The first-order valence-electron chi connectivity index (χ1n) is 5.27. The summed E-state index contributed by atoms with van der Waals surface area (Å²) >= 11 is 3.25. The average Bonchev–Trinajstić information content (AvgIpc) is 2.21. The van der Waals surface area contributed by atoms with Crippen LogP contribution >= 0.6 is 15.9 Å². The van der Waals surface area contributed by atoms with Crippen LogP contribution in [0.2, 0.25) is 0 Å². The molecule has 5 nitrogen and oxygen atoms in total. The number of hydrogen-bond donors (Lipinski definition) is 1. The minimum absolute atomic E-state index is 0.0141. The molecule has 0 saturated heterocycles. The van der Waals surface area contributed by atoms with Gasteiger partial charge in [-0.3, -0.25) is 10.1 Å². The molecule has 1 aromatic rings. The molecule has 1 N–H and O–H groups in total. The fourth-order valence-electron chi connectivity index (χ4n) is 1.49. The molecule has 6 heteroatoms. The van der Waals surface area contributed by atoms with Gasteiger partial charge in [0.15, 0.2) is 0 Å². The predicted octanol–water partition coefficient (Wildman–Crippen LogP) is 2.08. The molecule has 0 aliphatic rings. The van der Waals surface area contributed by atoms with E-state index in [1.54, 1.807) is 6.07 Å². The van der Waals surface area contributed by atoms with Gasteiger partial charge in [-0.2, -0.15) is 0 Å². The van der Waals surface area contributed by atoms with Crippen LogP contribution < -0.4 is 10.4 Å². The fraction of sp³-hybridized carbons (Fsp3) is 0.455. The second-order valence-corrected chi connectivity index (χ2v) is 4.83. The first-order valence-corrected chi connectivity index (χ1v) is 6.06. The second kappa shape index (κ2) is 5.97. The van der Waals surface area contributed by atoms with Gasteiger partial charge in [0.25, 0.3) is 5.69 Å². The maximum Gasteiger partial charge on any atom is 0.293 e. The van der Waals surface area contributed by atoms with Crippen LogP contribution in [0.4, 0.5) is 11.4 Å². The highest BCUT2D eigenvalue weighted by Gasteiger charge is 2.17. The number of anilines is 1. The lowest BCUT2D eigenvalue weighted by Gasteiger charge is -2.14. The van der Waals surface area contributed by atoms with Crippen LogP contribution in [0.1, 0.15) is 19.4 Å². The Balaban J connectivity index is 3.21. The smallest absolute Gasteiger partial charge is 0.293 e. The second-order valence-electron chi connectivity index (χ2n) is 3.97. The summed E-state index contributed by atoms with van der Waals surface area (Å²) in [6.07, 6.45) is 0.353. The largest absolute Gasteiger partial charge is 0.854 e. The summed E-state index contributed by atoms with van der Waals surface area (Å²) in [7, 11) is 0. The maximum absolute atomic E-state index is 10.9. The van der Waals surface area contributed by atoms with E-state index >= 15 is 0 Å². The molecule has 0 heterocycles. The molecular formula is C11H14BrN2O3-. The van der Waals surface area contributed by atoms with Crippen LogP contribution in [0.5, 0.6) is 0 Å². The molecule has 0 radical (unpaired) electrons. The van der Waals surface area contributed by atoms with E-state index in [1.807, 2.05) is 13.8 Å². The van der Waals surface area contributed by atoms with E-state index in [2.05, 4.69) is 21.2 Å². The lowest BCUT2D eigenvalue weighted by Crippen LogP contribution is -2.13. The van der Waals surface area contributed by atoms with Crippen LogP contribution in [0.25, 0.3) is 0 Å². The summed E-state index contributed by atoms with van der Waals surface area (Å²) in [6.45, 7) is 3.57. The van der Waals surface area contributed by atoms with Gasteiger partial charge in [0.1, 0.15) is 5.69 Å². The van der Waals surface area contributed by atoms with Crippen molar-refractivity contribution in [1.29, 1.82) is 0 Å². The summed E-state index contributed by atoms with van der Waals surface area (Å²) in [5.41, 5.74) is 1.26. The summed E-state index contributed by atoms with van der Waals surface area (Å²) in [5.74, 6) is 0. The van der Waals surface area contributed by atoms with Crippen LogP contribution in [-0.4, -0.2) is 17.6 Å². The first kappa shape index (κ1) is 13.9. The van der Waals surface area contributed by atoms with Gasteiger partial charge in [0.05, 0.1) is 4.92 Å². The number of benzene rings is 1. The van der Waals surface area contributed by atoms with Crippen LogP contribution in [0.3, 0.4) is 0 Å². The van der Waals surface area contributed by atoms with Crippen molar-refractivity contribution in [2.45, 2.75) is 26.3 Å². The van der Waals surface area contributed by atoms with Gasteiger partial charge < -0.3 is 10.4 Å². The quantitative estimate of drug-likeness (QED) is 0.667. The van der Waals surface area contributed by atoms with E-state index in [-0.39, 0.29) is 18.3 Å². The Bertz CT molecular complexity index is 421. The van der Waals surface area contributed by atoms with Crippen molar-refractivity contribution in [3.63, 3.8) is 0 Å². The minimum Gasteiger partial charge on any atom is -0.854 e. The monoisotopic (exact) mass is 301 g/mol. The van der Waals surface area contributed by atoms with Gasteiger partial charge in [-0.25, -0.2) is 0 Å². The van der Waals surface area contributed by atoms with Crippen molar-refractivity contribution in [2.75, 3.05) is 11.9 Å². The Kier molecular flexibility index (Phi) is 4.89. The summed E-state index contributed by atoms with van der Waals surface area (Å²) in [4.78, 5) is 10.5. The molecule has 1 rings (SSSR count). The molecule has 1 aromatic carbocycles. The van der Waals surface area contributed by atoms with Crippen molar-refractivity contribution in [2.24, 2.45) is 0 Å².